The van der Waals surface area contributed by atoms with Crippen molar-refractivity contribution in [1.82, 2.24) is 4.31 Å². The molecule has 112 valence electrons. The zero-order valence-electron chi connectivity index (χ0n) is 11.9. The first-order valence-electron chi connectivity index (χ1n) is 6.89. The number of hydrogen-bond donors (Lipinski definition) is 1. The monoisotopic (exact) mass is 316 g/mol. The quantitative estimate of drug-likeness (QED) is 0.928. The third-order valence-electron chi connectivity index (χ3n) is 4.10. The predicted molar refractivity (Wildman–Crippen MR) is 81.2 cm³/mol. The van der Waals surface area contributed by atoms with Crippen LogP contribution in [0.15, 0.2) is 17.0 Å². The first-order valence-corrected chi connectivity index (χ1v) is 8.71. The first-order chi connectivity index (χ1) is 9.40. The Labute approximate surface area is 126 Å². The minimum atomic E-state index is -3.47. The lowest BCUT2D eigenvalue weighted by Gasteiger charge is -2.19. The summed E-state index contributed by atoms with van der Waals surface area (Å²) in [5.74, 6) is 0.457. The van der Waals surface area contributed by atoms with Gasteiger partial charge in [0.2, 0.25) is 10.0 Å². The average molecular weight is 317 g/mol. The van der Waals surface area contributed by atoms with Crippen molar-refractivity contribution in [2.75, 3.05) is 13.1 Å². The van der Waals surface area contributed by atoms with Crippen molar-refractivity contribution in [3.05, 3.63) is 28.3 Å². The van der Waals surface area contributed by atoms with Crippen LogP contribution in [0, 0.1) is 12.8 Å². The third kappa shape index (κ3) is 2.86. The summed E-state index contributed by atoms with van der Waals surface area (Å²) < 4.78 is 27.1. The molecule has 0 saturated carbocycles. The Morgan fingerprint density at radius 2 is 2.15 bits per heavy atom. The summed E-state index contributed by atoms with van der Waals surface area (Å²) in [6, 6.07) is 3.26. The van der Waals surface area contributed by atoms with Gasteiger partial charge in [-0.15, -0.1) is 0 Å². The second-order valence-corrected chi connectivity index (χ2v) is 7.66. The molecule has 1 aromatic carbocycles. The fraction of sp³-hybridized carbons (Fsp3) is 0.571. The van der Waals surface area contributed by atoms with Gasteiger partial charge in [-0.25, -0.2) is 8.42 Å². The van der Waals surface area contributed by atoms with Crippen LogP contribution in [0.4, 0.5) is 0 Å². The van der Waals surface area contributed by atoms with E-state index in [1.807, 2.05) is 0 Å². The molecule has 0 spiro atoms. The summed E-state index contributed by atoms with van der Waals surface area (Å²) in [5, 5.41) is 0.417. The minimum absolute atomic E-state index is 0.284. The molecule has 6 heteroatoms. The molecule has 1 fully saturated rings. The van der Waals surface area contributed by atoms with Gasteiger partial charge in [0.25, 0.3) is 0 Å². The number of halogens is 1. The van der Waals surface area contributed by atoms with Gasteiger partial charge in [-0.3, -0.25) is 0 Å². The van der Waals surface area contributed by atoms with Crippen molar-refractivity contribution in [3.63, 3.8) is 0 Å². The molecule has 1 heterocycles. The third-order valence-corrected chi connectivity index (χ3v) is 6.31. The van der Waals surface area contributed by atoms with E-state index in [9.17, 15) is 8.42 Å². The molecule has 1 saturated heterocycles. The molecule has 1 aliphatic rings. The van der Waals surface area contributed by atoms with Gasteiger partial charge in [0, 0.05) is 24.7 Å². The molecule has 0 aromatic heterocycles. The van der Waals surface area contributed by atoms with Crippen LogP contribution in [0.2, 0.25) is 5.02 Å². The van der Waals surface area contributed by atoms with Crippen LogP contribution in [0.5, 0.6) is 0 Å². The first kappa shape index (κ1) is 15.8. The molecule has 0 radical (unpaired) electrons. The SMILES string of the molecule is CCC1CCN(S(=O)(=O)c2cc(Cl)cc(CN)c2C)C1. The molecule has 1 atom stereocenters. The van der Waals surface area contributed by atoms with Crippen LogP contribution in [0.25, 0.3) is 0 Å². The van der Waals surface area contributed by atoms with E-state index in [0.717, 1.165) is 18.4 Å². The number of rotatable bonds is 4. The maximum Gasteiger partial charge on any atom is 0.243 e. The van der Waals surface area contributed by atoms with Crippen molar-refractivity contribution >= 4 is 21.6 Å². The summed E-state index contributed by atoms with van der Waals surface area (Å²) in [7, 11) is -3.47. The lowest BCUT2D eigenvalue weighted by atomic mass is 10.1. The van der Waals surface area contributed by atoms with E-state index in [1.54, 1.807) is 17.3 Å². The van der Waals surface area contributed by atoms with Crippen molar-refractivity contribution in [1.29, 1.82) is 0 Å². The van der Waals surface area contributed by atoms with E-state index in [-0.39, 0.29) is 6.54 Å². The Morgan fingerprint density at radius 3 is 2.70 bits per heavy atom. The standard InChI is InChI=1S/C14H21ClN2O2S/c1-3-11-4-5-17(9-11)20(18,19)14-7-13(15)6-12(8-16)10(14)2/h6-7,11H,3-5,8-9,16H2,1-2H3. The molecule has 20 heavy (non-hydrogen) atoms. The van der Waals surface area contributed by atoms with Gasteiger partial charge in [-0.1, -0.05) is 24.9 Å². The Hall–Kier alpha value is -0.620. The smallest absolute Gasteiger partial charge is 0.243 e. The van der Waals surface area contributed by atoms with E-state index < -0.39 is 10.0 Å². The van der Waals surface area contributed by atoms with Gasteiger partial charge >= 0.3 is 0 Å². The van der Waals surface area contributed by atoms with Crippen LogP contribution in [-0.4, -0.2) is 25.8 Å². The number of nitrogens with two attached hydrogens (primary N) is 1. The molecule has 0 amide bonds. The van der Waals surface area contributed by atoms with Gasteiger partial charge < -0.3 is 5.73 Å². The number of sulfonamides is 1. The van der Waals surface area contributed by atoms with Crippen molar-refractivity contribution in [2.45, 2.75) is 38.1 Å². The van der Waals surface area contributed by atoms with E-state index >= 15 is 0 Å². The van der Waals surface area contributed by atoms with Crippen LogP contribution in [0.3, 0.4) is 0 Å². The lowest BCUT2D eigenvalue weighted by Crippen LogP contribution is -2.29. The zero-order chi connectivity index (χ0) is 14.9. The van der Waals surface area contributed by atoms with Gasteiger partial charge in [-0.2, -0.15) is 4.31 Å². The lowest BCUT2D eigenvalue weighted by molar-refractivity contribution is 0.452. The molecule has 0 bridgehead atoms. The van der Waals surface area contributed by atoms with E-state index in [0.29, 0.717) is 34.5 Å². The second kappa shape index (κ2) is 6.02. The van der Waals surface area contributed by atoms with Crippen molar-refractivity contribution < 1.29 is 8.42 Å². The molecule has 2 rings (SSSR count). The largest absolute Gasteiger partial charge is 0.326 e. The van der Waals surface area contributed by atoms with Crippen molar-refractivity contribution in [2.24, 2.45) is 11.7 Å². The number of benzene rings is 1. The van der Waals surface area contributed by atoms with E-state index in [4.69, 9.17) is 17.3 Å². The molecule has 1 aromatic rings. The van der Waals surface area contributed by atoms with E-state index in [2.05, 4.69) is 6.92 Å². The summed E-state index contributed by atoms with van der Waals surface area (Å²) in [5.41, 5.74) is 7.15. The summed E-state index contributed by atoms with van der Waals surface area (Å²) >= 11 is 6.03. The Morgan fingerprint density at radius 1 is 1.45 bits per heavy atom. The maximum atomic E-state index is 12.8. The maximum absolute atomic E-state index is 12.8. The van der Waals surface area contributed by atoms with Gasteiger partial charge in [0.1, 0.15) is 0 Å². The highest BCUT2D eigenvalue weighted by Gasteiger charge is 2.33. The van der Waals surface area contributed by atoms with E-state index in [1.165, 1.54) is 6.07 Å². The number of nitrogens with zero attached hydrogens (tertiary/aromatic N) is 1. The summed E-state index contributed by atoms with van der Waals surface area (Å²) in [6.07, 6.45) is 1.94. The van der Waals surface area contributed by atoms with Crippen LogP contribution < -0.4 is 5.73 Å². The molecular weight excluding hydrogens is 296 g/mol. The van der Waals surface area contributed by atoms with Crippen molar-refractivity contribution in [3.8, 4) is 0 Å². The summed E-state index contributed by atoms with van der Waals surface area (Å²) in [4.78, 5) is 0.294. The van der Waals surface area contributed by atoms with Gasteiger partial charge in [-0.05, 0) is 42.5 Å². The molecule has 1 aliphatic heterocycles. The van der Waals surface area contributed by atoms with Crippen LogP contribution in [-0.2, 0) is 16.6 Å². The molecular formula is C14H21ClN2O2S. The Kier molecular flexibility index (Phi) is 4.74. The molecule has 0 aliphatic carbocycles. The van der Waals surface area contributed by atoms with Crippen LogP contribution in [0.1, 0.15) is 30.9 Å². The minimum Gasteiger partial charge on any atom is -0.326 e. The Balaban J connectivity index is 2.42. The van der Waals surface area contributed by atoms with Crippen LogP contribution >= 0.6 is 11.6 Å². The highest BCUT2D eigenvalue weighted by Crippen LogP contribution is 2.30. The fourth-order valence-electron chi connectivity index (χ4n) is 2.68. The van der Waals surface area contributed by atoms with Gasteiger partial charge in [0.15, 0.2) is 0 Å². The fourth-order valence-corrected chi connectivity index (χ4v) is 4.81. The normalized spacial score (nSPS) is 20.5. The Bertz CT molecular complexity index is 601. The second-order valence-electron chi connectivity index (χ2n) is 5.32. The highest BCUT2D eigenvalue weighted by atomic mass is 35.5. The average Bonchev–Trinajstić information content (AvgIpc) is 2.90. The van der Waals surface area contributed by atoms with Gasteiger partial charge in [0.05, 0.1) is 4.90 Å². The molecule has 1 unspecified atom stereocenters. The predicted octanol–water partition coefficient (Wildman–Crippen LogP) is 2.53. The molecule has 2 N–H and O–H groups in total. The summed E-state index contributed by atoms with van der Waals surface area (Å²) in [6.45, 7) is 5.36. The number of hydrogen-bond acceptors (Lipinski definition) is 3. The zero-order valence-corrected chi connectivity index (χ0v) is 13.5. The molecule has 4 nitrogen and oxygen atoms in total. The topological polar surface area (TPSA) is 63.4 Å². The highest BCUT2D eigenvalue weighted by molar-refractivity contribution is 7.89.